The van der Waals surface area contributed by atoms with Gasteiger partial charge in [-0.3, -0.25) is 14.4 Å². The summed E-state index contributed by atoms with van der Waals surface area (Å²) in [5.74, 6) is -3.87. The molecule has 9 heteroatoms. The van der Waals surface area contributed by atoms with Gasteiger partial charge in [0.15, 0.2) is 5.76 Å². The van der Waals surface area contributed by atoms with E-state index < -0.39 is 36.2 Å². The van der Waals surface area contributed by atoms with Crippen molar-refractivity contribution in [2.45, 2.75) is 18.9 Å². The Kier molecular flexibility index (Phi) is 5.93. The van der Waals surface area contributed by atoms with Gasteiger partial charge in [-0.25, -0.2) is 4.79 Å². The number of amides is 2. The Labute approximate surface area is 118 Å². The fraction of sp³-hybridized carbons (Fsp3) is 0.333. The van der Waals surface area contributed by atoms with Crippen LogP contribution in [0.5, 0.6) is 0 Å². The number of aliphatic carboxylic acids is 2. The van der Waals surface area contributed by atoms with Gasteiger partial charge in [0.2, 0.25) is 5.91 Å². The Bertz CT molecular complexity index is 524. The minimum Gasteiger partial charge on any atom is -0.481 e. The molecule has 0 aliphatic rings. The molecule has 1 atom stereocenters. The normalized spacial score (nSPS) is 11.4. The average molecular weight is 298 g/mol. The van der Waals surface area contributed by atoms with Crippen molar-refractivity contribution in [3.8, 4) is 0 Å². The molecule has 0 fully saturated rings. The van der Waals surface area contributed by atoms with Gasteiger partial charge in [-0.15, -0.1) is 0 Å². The molecule has 0 aliphatic carbocycles. The highest BCUT2D eigenvalue weighted by atomic mass is 16.4. The predicted molar refractivity (Wildman–Crippen MR) is 67.5 cm³/mol. The van der Waals surface area contributed by atoms with Crippen molar-refractivity contribution in [2.75, 3.05) is 6.54 Å². The Balaban J connectivity index is 2.34. The van der Waals surface area contributed by atoms with E-state index in [1.807, 2.05) is 0 Å². The van der Waals surface area contributed by atoms with E-state index in [9.17, 15) is 19.2 Å². The van der Waals surface area contributed by atoms with Crippen LogP contribution in [0.4, 0.5) is 0 Å². The van der Waals surface area contributed by atoms with Crippen molar-refractivity contribution in [1.82, 2.24) is 10.6 Å². The zero-order chi connectivity index (χ0) is 15.8. The summed E-state index contributed by atoms with van der Waals surface area (Å²) in [6, 6.07) is 1.48. The van der Waals surface area contributed by atoms with Gasteiger partial charge < -0.3 is 25.3 Å². The van der Waals surface area contributed by atoms with Crippen LogP contribution in [0.2, 0.25) is 0 Å². The molecule has 0 aliphatic heterocycles. The molecule has 1 aromatic heterocycles. The van der Waals surface area contributed by atoms with E-state index in [2.05, 4.69) is 10.6 Å². The lowest BCUT2D eigenvalue weighted by molar-refractivity contribution is -0.147. The number of carboxylic acid groups (broad SMARTS) is 2. The van der Waals surface area contributed by atoms with Crippen molar-refractivity contribution in [2.24, 2.45) is 0 Å². The van der Waals surface area contributed by atoms with Gasteiger partial charge in [0.25, 0.3) is 5.91 Å². The van der Waals surface area contributed by atoms with Gasteiger partial charge in [0, 0.05) is 13.0 Å². The number of hydrogen-bond acceptors (Lipinski definition) is 5. The Morgan fingerprint density at radius 3 is 2.48 bits per heavy atom. The number of carbonyl (C=O) groups excluding carboxylic acids is 2. The van der Waals surface area contributed by atoms with Crippen LogP contribution in [0.1, 0.15) is 23.4 Å². The van der Waals surface area contributed by atoms with Crippen LogP contribution in [0.15, 0.2) is 22.8 Å². The third-order valence-electron chi connectivity index (χ3n) is 2.39. The van der Waals surface area contributed by atoms with E-state index in [1.54, 1.807) is 0 Å². The van der Waals surface area contributed by atoms with Gasteiger partial charge in [-0.1, -0.05) is 0 Å². The Morgan fingerprint density at radius 2 is 1.95 bits per heavy atom. The van der Waals surface area contributed by atoms with Crippen molar-refractivity contribution >= 4 is 23.8 Å². The van der Waals surface area contributed by atoms with Crippen LogP contribution in [-0.4, -0.2) is 46.6 Å². The maximum absolute atomic E-state index is 11.5. The highest BCUT2D eigenvalue weighted by Gasteiger charge is 2.22. The van der Waals surface area contributed by atoms with Gasteiger partial charge in [0.1, 0.15) is 6.04 Å². The van der Waals surface area contributed by atoms with Gasteiger partial charge in [-0.05, 0) is 12.1 Å². The fourth-order valence-electron chi connectivity index (χ4n) is 1.43. The lowest BCUT2D eigenvalue weighted by atomic mass is 10.2. The highest BCUT2D eigenvalue weighted by molar-refractivity contribution is 5.92. The van der Waals surface area contributed by atoms with Crippen molar-refractivity contribution in [1.29, 1.82) is 0 Å². The van der Waals surface area contributed by atoms with E-state index in [1.165, 1.54) is 18.4 Å². The van der Waals surface area contributed by atoms with Crippen LogP contribution in [0, 0.1) is 0 Å². The third kappa shape index (κ3) is 5.76. The molecular formula is C12H14N2O7. The first-order chi connectivity index (χ1) is 9.90. The molecule has 0 aromatic carbocycles. The minimum atomic E-state index is -1.50. The van der Waals surface area contributed by atoms with E-state index in [4.69, 9.17) is 14.6 Å². The van der Waals surface area contributed by atoms with Gasteiger partial charge in [-0.2, -0.15) is 0 Å². The van der Waals surface area contributed by atoms with Crippen LogP contribution in [0.3, 0.4) is 0 Å². The first-order valence-electron chi connectivity index (χ1n) is 5.96. The molecule has 1 aromatic rings. The molecule has 21 heavy (non-hydrogen) atoms. The molecule has 2 amide bonds. The first-order valence-corrected chi connectivity index (χ1v) is 5.96. The molecule has 0 spiro atoms. The van der Waals surface area contributed by atoms with Crippen molar-refractivity contribution in [3.63, 3.8) is 0 Å². The number of carbonyl (C=O) groups is 4. The minimum absolute atomic E-state index is 0.0369. The largest absolute Gasteiger partial charge is 0.481 e. The van der Waals surface area contributed by atoms with Crippen LogP contribution < -0.4 is 10.6 Å². The number of hydrogen-bond donors (Lipinski definition) is 4. The summed E-state index contributed by atoms with van der Waals surface area (Å²) >= 11 is 0. The van der Waals surface area contributed by atoms with Crippen LogP contribution in [-0.2, 0) is 14.4 Å². The summed E-state index contributed by atoms with van der Waals surface area (Å²) in [4.78, 5) is 44.1. The van der Waals surface area contributed by atoms with Crippen molar-refractivity contribution < 1.29 is 33.8 Å². The number of nitrogens with one attached hydrogen (secondary N) is 2. The lowest BCUT2D eigenvalue weighted by Crippen LogP contribution is -2.43. The van der Waals surface area contributed by atoms with E-state index in [0.29, 0.717) is 0 Å². The maximum Gasteiger partial charge on any atom is 0.326 e. The monoisotopic (exact) mass is 298 g/mol. The SMILES string of the molecule is O=C(O)C[C@H](NC(=O)CCNC(=O)c1ccco1)C(=O)O. The Morgan fingerprint density at radius 1 is 1.24 bits per heavy atom. The molecule has 0 saturated carbocycles. The topological polar surface area (TPSA) is 146 Å². The average Bonchev–Trinajstić information content (AvgIpc) is 2.91. The van der Waals surface area contributed by atoms with Gasteiger partial charge in [0.05, 0.1) is 12.7 Å². The first kappa shape index (κ1) is 16.2. The highest BCUT2D eigenvalue weighted by Crippen LogP contribution is 1.99. The third-order valence-corrected chi connectivity index (χ3v) is 2.39. The summed E-state index contributed by atoms with van der Waals surface area (Å²) in [7, 11) is 0. The molecule has 1 heterocycles. The second-order valence-electron chi connectivity index (χ2n) is 4.04. The number of rotatable bonds is 8. The molecule has 0 bridgehead atoms. The second-order valence-corrected chi connectivity index (χ2v) is 4.04. The number of furan rings is 1. The quantitative estimate of drug-likeness (QED) is 0.503. The molecular weight excluding hydrogens is 284 g/mol. The molecule has 4 N–H and O–H groups in total. The fourth-order valence-corrected chi connectivity index (χ4v) is 1.43. The van der Waals surface area contributed by atoms with E-state index in [-0.39, 0.29) is 18.7 Å². The Hall–Kier alpha value is -2.84. The second kappa shape index (κ2) is 7.68. The van der Waals surface area contributed by atoms with Gasteiger partial charge >= 0.3 is 11.9 Å². The number of carboxylic acids is 2. The summed E-state index contributed by atoms with van der Waals surface area (Å²) in [5.41, 5.74) is 0. The predicted octanol–water partition coefficient (Wildman–Crippen LogP) is -0.556. The van der Waals surface area contributed by atoms with Crippen LogP contribution in [0.25, 0.3) is 0 Å². The summed E-state index contributed by atoms with van der Waals surface area (Å²) < 4.78 is 4.84. The van der Waals surface area contributed by atoms with E-state index >= 15 is 0 Å². The molecule has 1 rings (SSSR count). The molecule has 0 unspecified atom stereocenters. The van der Waals surface area contributed by atoms with E-state index in [0.717, 1.165) is 0 Å². The summed E-state index contributed by atoms with van der Waals surface area (Å²) in [6.07, 6.45) is 0.417. The van der Waals surface area contributed by atoms with Crippen molar-refractivity contribution in [3.05, 3.63) is 24.2 Å². The summed E-state index contributed by atoms with van der Waals surface area (Å²) in [5, 5.41) is 21.7. The standard InChI is InChI=1S/C12H14N2O7/c15-9(14-7(12(19)20)6-10(16)17)3-4-13-11(18)8-2-1-5-21-8/h1-2,5,7H,3-4,6H2,(H,13,18)(H,14,15)(H,16,17)(H,19,20)/t7-/m0/s1. The molecule has 0 radical (unpaired) electrons. The zero-order valence-electron chi connectivity index (χ0n) is 10.9. The maximum atomic E-state index is 11.5. The summed E-state index contributed by atoms with van der Waals surface area (Å²) in [6.45, 7) is -0.0369. The lowest BCUT2D eigenvalue weighted by Gasteiger charge is -2.12. The van der Waals surface area contributed by atoms with Crippen LogP contribution >= 0.6 is 0 Å². The molecule has 0 saturated heterocycles. The molecule has 9 nitrogen and oxygen atoms in total. The molecule has 114 valence electrons. The smallest absolute Gasteiger partial charge is 0.326 e. The zero-order valence-corrected chi connectivity index (χ0v) is 10.9.